The molecule has 17 heavy (non-hydrogen) atoms. The lowest BCUT2D eigenvalue weighted by Gasteiger charge is -2.12. The molecule has 0 radical (unpaired) electrons. The van der Waals surface area contributed by atoms with Gasteiger partial charge in [-0.15, -0.1) is 0 Å². The number of aromatic nitrogens is 1. The average Bonchev–Trinajstić information content (AvgIpc) is 2.33. The number of allylic oxidation sites excluding steroid dienone is 1. The molecule has 1 heterocycles. The molecule has 0 spiro atoms. The highest BCUT2D eigenvalue weighted by atomic mass is 79.9. The Morgan fingerprint density at radius 1 is 1.41 bits per heavy atom. The van der Waals surface area contributed by atoms with Crippen LogP contribution in [0.3, 0.4) is 0 Å². The van der Waals surface area contributed by atoms with Gasteiger partial charge >= 0.3 is 0 Å². The largest absolute Gasteiger partial charge is 0.310 e. The molecule has 0 saturated heterocycles. The standard InChI is InChI=1S/C13H15BrN2O/c14-11-6-7-12(15-9-11)16-13(17)8-10-4-2-1-3-5-10/h4,6-7,9H,1-3,5,8H2,(H,15,16,17). The van der Waals surface area contributed by atoms with Crippen LogP contribution in [0.1, 0.15) is 32.1 Å². The Balaban J connectivity index is 1.88. The SMILES string of the molecule is O=C(CC1=CCCCC1)Nc1ccc(Br)cn1. The number of pyridine rings is 1. The molecule has 0 bridgehead atoms. The number of rotatable bonds is 3. The molecule has 0 unspecified atom stereocenters. The molecule has 1 aliphatic carbocycles. The van der Waals surface area contributed by atoms with Crippen molar-refractivity contribution in [3.8, 4) is 0 Å². The molecule has 1 amide bonds. The van der Waals surface area contributed by atoms with Gasteiger partial charge in [0.15, 0.2) is 0 Å². The average molecular weight is 295 g/mol. The number of anilines is 1. The second-order valence-corrected chi connectivity index (χ2v) is 5.11. The van der Waals surface area contributed by atoms with Crippen molar-refractivity contribution in [3.05, 3.63) is 34.5 Å². The van der Waals surface area contributed by atoms with E-state index in [-0.39, 0.29) is 5.91 Å². The minimum Gasteiger partial charge on any atom is -0.310 e. The molecule has 1 aromatic rings. The number of amides is 1. The maximum Gasteiger partial charge on any atom is 0.229 e. The first-order valence-electron chi connectivity index (χ1n) is 5.83. The fraction of sp³-hybridized carbons (Fsp3) is 0.385. The monoisotopic (exact) mass is 294 g/mol. The van der Waals surface area contributed by atoms with E-state index in [2.05, 4.69) is 32.3 Å². The molecule has 3 nitrogen and oxygen atoms in total. The Bertz CT molecular complexity index is 426. The quantitative estimate of drug-likeness (QED) is 0.864. The molecule has 1 N–H and O–H groups in total. The molecular weight excluding hydrogens is 280 g/mol. The highest BCUT2D eigenvalue weighted by molar-refractivity contribution is 9.10. The fourth-order valence-corrected chi connectivity index (χ4v) is 2.14. The van der Waals surface area contributed by atoms with Gasteiger partial charge in [-0.3, -0.25) is 4.79 Å². The zero-order valence-electron chi connectivity index (χ0n) is 9.58. The summed E-state index contributed by atoms with van der Waals surface area (Å²) >= 11 is 3.31. The van der Waals surface area contributed by atoms with E-state index in [1.165, 1.54) is 18.4 Å². The summed E-state index contributed by atoms with van der Waals surface area (Å²) in [6, 6.07) is 3.65. The number of hydrogen-bond acceptors (Lipinski definition) is 2. The van der Waals surface area contributed by atoms with Gasteiger partial charge in [-0.25, -0.2) is 4.98 Å². The van der Waals surface area contributed by atoms with Gasteiger partial charge in [-0.1, -0.05) is 11.6 Å². The first kappa shape index (κ1) is 12.3. The van der Waals surface area contributed by atoms with Crippen LogP contribution >= 0.6 is 15.9 Å². The van der Waals surface area contributed by atoms with Crippen LogP contribution in [-0.2, 0) is 4.79 Å². The van der Waals surface area contributed by atoms with Crippen molar-refractivity contribution in [2.45, 2.75) is 32.1 Å². The number of hydrogen-bond donors (Lipinski definition) is 1. The van der Waals surface area contributed by atoms with Gasteiger partial charge < -0.3 is 5.32 Å². The van der Waals surface area contributed by atoms with Gasteiger partial charge in [0.25, 0.3) is 0 Å². The van der Waals surface area contributed by atoms with Crippen LogP contribution in [0, 0.1) is 0 Å². The zero-order chi connectivity index (χ0) is 12.1. The summed E-state index contributed by atoms with van der Waals surface area (Å²) in [5.74, 6) is 0.627. The Morgan fingerprint density at radius 3 is 2.94 bits per heavy atom. The van der Waals surface area contributed by atoms with Crippen LogP contribution < -0.4 is 5.32 Å². The van der Waals surface area contributed by atoms with E-state index >= 15 is 0 Å². The summed E-state index contributed by atoms with van der Waals surface area (Å²) in [5.41, 5.74) is 1.26. The third-order valence-corrected chi connectivity index (χ3v) is 3.24. The van der Waals surface area contributed by atoms with E-state index in [1.54, 1.807) is 12.3 Å². The van der Waals surface area contributed by atoms with Gasteiger partial charge in [-0.2, -0.15) is 0 Å². The minimum atomic E-state index is 0.0213. The van der Waals surface area contributed by atoms with Crippen molar-refractivity contribution in [3.63, 3.8) is 0 Å². The number of halogens is 1. The van der Waals surface area contributed by atoms with Crippen LogP contribution in [0.4, 0.5) is 5.82 Å². The van der Waals surface area contributed by atoms with Crippen LogP contribution in [0.2, 0.25) is 0 Å². The van der Waals surface area contributed by atoms with E-state index in [0.717, 1.165) is 17.3 Å². The Kier molecular flexibility index (Phi) is 4.31. The highest BCUT2D eigenvalue weighted by Crippen LogP contribution is 2.20. The van der Waals surface area contributed by atoms with Gasteiger partial charge in [-0.05, 0) is 53.7 Å². The molecule has 0 aliphatic heterocycles. The zero-order valence-corrected chi connectivity index (χ0v) is 11.2. The molecule has 2 rings (SSSR count). The molecule has 1 aromatic heterocycles. The predicted molar refractivity (Wildman–Crippen MR) is 71.7 cm³/mol. The van der Waals surface area contributed by atoms with E-state index in [9.17, 15) is 4.79 Å². The van der Waals surface area contributed by atoms with E-state index < -0.39 is 0 Å². The van der Waals surface area contributed by atoms with Crippen LogP contribution in [0.5, 0.6) is 0 Å². The van der Waals surface area contributed by atoms with Crippen molar-refractivity contribution in [1.82, 2.24) is 4.98 Å². The summed E-state index contributed by atoms with van der Waals surface area (Å²) in [4.78, 5) is 15.9. The van der Waals surface area contributed by atoms with Gasteiger partial charge in [0.2, 0.25) is 5.91 Å². The van der Waals surface area contributed by atoms with Crippen LogP contribution in [-0.4, -0.2) is 10.9 Å². The number of carbonyl (C=O) groups excluding carboxylic acids is 1. The number of nitrogens with one attached hydrogen (secondary N) is 1. The van der Waals surface area contributed by atoms with Crippen molar-refractivity contribution < 1.29 is 4.79 Å². The molecule has 0 aromatic carbocycles. The van der Waals surface area contributed by atoms with Crippen molar-refractivity contribution >= 4 is 27.7 Å². The second kappa shape index (κ2) is 5.96. The van der Waals surface area contributed by atoms with Gasteiger partial charge in [0, 0.05) is 17.1 Å². The molecule has 90 valence electrons. The van der Waals surface area contributed by atoms with Crippen LogP contribution in [0.25, 0.3) is 0 Å². The smallest absolute Gasteiger partial charge is 0.229 e. The molecule has 4 heteroatoms. The minimum absolute atomic E-state index is 0.0213. The van der Waals surface area contributed by atoms with Crippen molar-refractivity contribution in [1.29, 1.82) is 0 Å². The van der Waals surface area contributed by atoms with Crippen LogP contribution in [0.15, 0.2) is 34.5 Å². The molecular formula is C13H15BrN2O. The third-order valence-electron chi connectivity index (χ3n) is 2.77. The molecule has 0 saturated carbocycles. The third kappa shape index (κ3) is 3.97. The summed E-state index contributed by atoms with van der Waals surface area (Å²) in [6.07, 6.45) is 8.99. The topological polar surface area (TPSA) is 42.0 Å². The summed E-state index contributed by atoms with van der Waals surface area (Å²) < 4.78 is 0.908. The number of carbonyl (C=O) groups is 1. The second-order valence-electron chi connectivity index (χ2n) is 4.19. The lowest BCUT2D eigenvalue weighted by Crippen LogP contribution is -2.13. The van der Waals surface area contributed by atoms with E-state index in [0.29, 0.717) is 12.2 Å². The fourth-order valence-electron chi connectivity index (χ4n) is 1.91. The first-order valence-corrected chi connectivity index (χ1v) is 6.62. The van der Waals surface area contributed by atoms with E-state index in [1.807, 2.05) is 6.07 Å². The van der Waals surface area contributed by atoms with E-state index in [4.69, 9.17) is 0 Å². The van der Waals surface area contributed by atoms with Gasteiger partial charge in [0.1, 0.15) is 5.82 Å². The maximum atomic E-state index is 11.8. The molecule has 0 atom stereocenters. The van der Waals surface area contributed by atoms with Gasteiger partial charge in [0.05, 0.1) is 0 Å². The molecule has 1 aliphatic rings. The molecule has 0 fully saturated rings. The first-order chi connectivity index (χ1) is 8.24. The summed E-state index contributed by atoms with van der Waals surface area (Å²) in [6.45, 7) is 0. The Labute approximate surface area is 109 Å². The summed E-state index contributed by atoms with van der Waals surface area (Å²) in [5, 5.41) is 2.80. The Hall–Kier alpha value is -1.16. The summed E-state index contributed by atoms with van der Waals surface area (Å²) in [7, 11) is 0. The number of nitrogens with zero attached hydrogens (tertiary/aromatic N) is 1. The maximum absolute atomic E-state index is 11.8. The predicted octanol–water partition coefficient (Wildman–Crippen LogP) is 3.67. The highest BCUT2D eigenvalue weighted by Gasteiger charge is 2.09. The van der Waals surface area contributed by atoms with Crippen molar-refractivity contribution in [2.24, 2.45) is 0 Å². The normalized spacial score (nSPS) is 15.2. The lowest BCUT2D eigenvalue weighted by atomic mass is 9.97. The Morgan fingerprint density at radius 2 is 2.29 bits per heavy atom. The lowest BCUT2D eigenvalue weighted by molar-refractivity contribution is -0.115. The van der Waals surface area contributed by atoms with Crippen molar-refractivity contribution in [2.75, 3.05) is 5.32 Å².